The third-order valence-corrected chi connectivity index (χ3v) is 3.98. The van der Waals surface area contributed by atoms with E-state index >= 15 is 0 Å². The molecule has 0 spiro atoms. The molecule has 1 amide bonds. The normalized spacial score (nSPS) is 14.8. The van der Waals surface area contributed by atoms with E-state index in [4.69, 9.17) is 0 Å². The van der Waals surface area contributed by atoms with Crippen molar-refractivity contribution in [2.24, 2.45) is 0 Å². The fourth-order valence-corrected chi connectivity index (χ4v) is 2.77. The summed E-state index contributed by atoms with van der Waals surface area (Å²) in [6.07, 6.45) is 1.65. The van der Waals surface area contributed by atoms with Gasteiger partial charge in [-0.3, -0.25) is 4.79 Å². The number of amides is 1. The van der Waals surface area contributed by atoms with Crippen LogP contribution in [0.1, 0.15) is 24.3 Å². The van der Waals surface area contributed by atoms with Gasteiger partial charge in [0.15, 0.2) is 0 Å². The molecule has 1 saturated heterocycles. The Balaban J connectivity index is 1.65. The Kier molecular flexibility index (Phi) is 4.93. The van der Waals surface area contributed by atoms with Gasteiger partial charge in [-0.15, -0.1) is 0 Å². The van der Waals surface area contributed by atoms with Gasteiger partial charge in [0.25, 0.3) is 5.91 Å². The zero-order chi connectivity index (χ0) is 16.9. The first-order chi connectivity index (χ1) is 11.6. The highest BCUT2D eigenvalue weighted by atomic mass is 16.1. The molecule has 126 valence electrons. The van der Waals surface area contributed by atoms with E-state index in [9.17, 15) is 4.79 Å². The number of aromatic nitrogens is 2. The first kappa shape index (κ1) is 16.2. The summed E-state index contributed by atoms with van der Waals surface area (Å²) in [6, 6.07) is 12.1. The quantitative estimate of drug-likeness (QED) is 0.931. The van der Waals surface area contributed by atoms with Gasteiger partial charge in [0, 0.05) is 44.1 Å². The van der Waals surface area contributed by atoms with Crippen molar-refractivity contribution in [3.05, 3.63) is 48.3 Å². The van der Waals surface area contributed by atoms with E-state index in [-0.39, 0.29) is 11.9 Å². The summed E-state index contributed by atoms with van der Waals surface area (Å²) in [4.78, 5) is 25.4. The number of hydrogen-bond acceptors (Lipinski definition) is 5. The molecule has 0 unspecified atom stereocenters. The van der Waals surface area contributed by atoms with Crippen LogP contribution in [-0.4, -0.2) is 48.1 Å². The Hall–Kier alpha value is -2.63. The minimum atomic E-state index is -0.156. The van der Waals surface area contributed by atoms with Crippen LogP contribution in [0.15, 0.2) is 42.6 Å². The summed E-state index contributed by atoms with van der Waals surface area (Å²) < 4.78 is 0. The second-order valence-electron chi connectivity index (χ2n) is 6.18. The van der Waals surface area contributed by atoms with Crippen LogP contribution in [0, 0.1) is 0 Å². The first-order valence-corrected chi connectivity index (χ1v) is 8.32. The monoisotopic (exact) mass is 325 g/mol. The average molecular weight is 325 g/mol. The van der Waals surface area contributed by atoms with Crippen molar-refractivity contribution in [3.8, 4) is 0 Å². The fraction of sp³-hybridized carbons (Fsp3) is 0.389. The van der Waals surface area contributed by atoms with Gasteiger partial charge in [-0.05, 0) is 32.0 Å². The highest BCUT2D eigenvalue weighted by Crippen LogP contribution is 2.17. The van der Waals surface area contributed by atoms with Crippen LogP contribution in [0.2, 0.25) is 0 Å². The lowest BCUT2D eigenvalue weighted by Crippen LogP contribution is -2.47. The first-order valence-electron chi connectivity index (χ1n) is 8.32. The third kappa shape index (κ3) is 3.82. The number of hydrogen-bond donors (Lipinski definition) is 1. The van der Waals surface area contributed by atoms with E-state index in [0.717, 1.165) is 26.2 Å². The van der Waals surface area contributed by atoms with Crippen LogP contribution in [0.3, 0.4) is 0 Å². The number of rotatable bonds is 4. The minimum absolute atomic E-state index is 0.0883. The molecule has 6 nitrogen and oxygen atoms in total. The van der Waals surface area contributed by atoms with Gasteiger partial charge < -0.3 is 15.1 Å². The lowest BCUT2D eigenvalue weighted by Gasteiger charge is -2.36. The van der Waals surface area contributed by atoms with Crippen molar-refractivity contribution in [3.63, 3.8) is 0 Å². The predicted molar refractivity (Wildman–Crippen MR) is 95.5 cm³/mol. The molecule has 24 heavy (non-hydrogen) atoms. The summed E-state index contributed by atoms with van der Waals surface area (Å²) >= 11 is 0. The van der Waals surface area contributed by atoms with Crippen LogP contribution in [0.4, 0.5) is 11.6 Å². The maximum atomic E-state index is 12.1. The molecule has 0 aliphatic carbocycles. The molecule has 1 aliphatic heterocycles. The summed E-state index contributed by atoms with van der Waals surface area (Å²) in [5, 5.41) is 2.86. The molecule has 1 fully saturated rings. The zero-order valence-electron chi connectivity index (χ0n) is 14.1. The highest BCUT2D eigenvalue weighted by molar-refractivity contribution is 5.92. The van der Waals surface area contributed by atoms with E-state index in [2.05, 4.69) is 49.4 Å². The molecule has 2 heterocycles. The summed E-state index contributed by atoms with van der Waals surface area (Å²) in [5.74, 6) is 0.468. The second-order valence-corrected chi connectivity index (χ2v) is 6.18. The standard InChI is InChI=1S/C18H23N5O/c1-14(2)20-17(24)16-8-9-19-18(21-16)23-12-10-22(11-13-23)15-6-4-3-5-7-15/h3-9,14H,10-13H2,1-2H3,(H,20,24). The van der Waals surface area contributed by atoms with Crippen molar-refractivity contribution in [2.75, 3.05) is 36.0 Å². The fourth-order valence-electron chi connectivity index (χ4n) is 2.77. The van der Waals surface area contributed by atoms with Crippen molar-refractivity contribution in [1.29, 1.82) is 0 Å². The number of benzene rings is 1. The van der Waals surface area contributed by atoms with E-state index in [1.54, 1.807) is 12.3 Å². The molecule has 2 aromatic rings. The van der Waals surface area contributed by atoms with Crippen molar-refractivity contribution >= 4 is 17.5 Å². The summed E-state index contributed by atoms with van der Waals surface area (Å²) in [7, 11) is 0. The van der Waals surface area contributed by atoms with E-state index in [1.807, 2.05) is 19.9 Å². The summed E-state index contributed by atoms with van der Waals surface area (Å²) in [5.41, 5.74) is 1.65. The zero-order valence-corrected chi connectivity index (χ0v) is 14.1. The van der Waals surface area contributed by atoms with Crippen LogP contribution in [-0.2, 0) is 0 Å². The van der Waals surface area contributed by atoms with Crippen molar-refractivity contribution < 1.29 is 4.79 Å². The van der Waals surface area contributed by atoms with Crippen LogP contribution < -0.4 is 15.1 Å². The SMILES string of the molecule is CC(C)NC(=O)c1ccnc(N2CCN(c3ccccc3)CC2)n1. The summed E-state index contributed by atoms with van der Waals surface area (Å²) in [6.45, 7) is 7.37. The minimum Gasteiger partial charge on any atom is -0.368 e. The molecular formula is C18H23N5O. The van der Waals surface area contributed by atoms with Crippen molar-refractivity contribution in [2.45, 2.75) is 19.9 Å². The molecule has 0 saturated carbocycles. The van der Waals surface area contributed by atoms with Gasteiger partial charge in [0.2, 0.25) is 5.95 Å². The Labute approximate surface area is 142 Å². The number of carbonyl (C=O) groups is 1. The van der Waals surface area contributed by atoms with Gasteiger partial charge in [-0.2, -0.15) is 0 Å². The molecule has 0 radical (unpaired) electrons. The Morgan fingerprint density at radius 3 is 2.38 bits per heavy atom. The molecule has 1 aromatic carbocycles. The predicted octanol–water partition coefficient (Wildman–Crippen LogP) is 1.94. The Morgan fingerprint density at radius 2 is 1.71 bits per heavy atom. The largest absolute Gasteiger partial charge is 0.368 e. The molecular weight excluding hydrogens is 302 g/mol. The van der Waals surface area contributed by atoms with Crippen LogP contribution >= 0.6 is 0 Å². The molecule has 3 rings (SSSR count). The number of nitrogens with one attached hydrogen (secondary N) is 1. The smallest absolute Gasteiger partial charge is 0.270 e. The maximum absolute atomic E-state index is 12.1. The number of anilines is 2. The maximum Gasteiger partial charge on any atom is 0.270 e. The van der Waals surface area contributed by atoms with E-state index in [1.165, 1.54) is 5.69 Å². The molecule has 0 atom stereocenters. The average Bonchev–Trinajstić information content (AvgIpc) is 2.62. The van der Waals surface area contributed by atoms with Gasteiger partial charge in [0.05, 0.1) is 0 Å². The third-order valence-electron chi connectivity index (χ3n) is 3.98. The number of carbonyl (C=O) groups excluding carboxylic acids is 1. The molecule has 1 aromatic heterocycles. The van der Waals surface area contributed by atoms with E-state index in [0.29, 0.717) is 11.6 Å². The molecule has 6 heteroatoms. The van der Waals surface area contributed by atoms with Crippen LogP contribution in [0.5, 0.6) is 0 Å². The topological polar surface area (TPSA) is 61.4 Å². The Morgan fingerprint density at radius 1 is 1.04 bits per heavy atom. The number of nitrogens with zero attached hydrogens (tertiary/aromatic N) is 4. The van der Waals surface area contributed by atoms with Gasteiger partial charge >= 0.3 is 0 Å². The molecule has 1 N–H and O–H groups in total. The Bertz CT molecular complexity index is 681. The lowest BCUT2D eigenvalue weighted by atomic mass is 10.2. The molecule has 0 bridgehead atoms. The van der Waals surface area contributed by atoms with Crippen molar-refractivity contribution in [1.82, 2.24) is 15.3 Å². The van der Waals surface area contributed by atoms with Gasteiger partial charge in [0.1, 0.15) is 5.69 Å². The second kappa shape index (κ2) is 7.29. The number of para-hydroxylation sites is 1. The van der Waals surface area contributed by atoms with Gasteiger partial charge in [-0.25, -0.2) is 9.97 Å². The highest BCUT2D eigenvalue weighted by Gasteiger charge is 2.20. The van der Waals surface area contributed by atoms with Crippen LogP contribution in [0.25, 0.3) is 0 Å². The van der Waals surface area contributed by atoms with E-state index < -0.39 is 0 Å². The molecule has 1 aliphatic rings. The lowest BCUT2D eigenvalue weighted by molar-refractivity contribution is 0.0938. The van der Waals surface area contributed by atoms with Gasteiger partial charge in [-0.1, -0.05) is 18.2 Å². The number of piperazine rings is 1.